The molecule has 4 rings (SSSR count). The number of pyridine rings is 1. The fourth-order valence-electron chi connectivity index (χ4n) is 2.95. The van der Waals surface area contributed by atoms with Crippen LogP contribution in [-0.2, 0) is 0 Å². The molecule has 3 heterocycles. The molecular weight excluding hydrogens is 360 g/mol. The minimum absolute atomic E-state index is 0.0291. The second-order valence-electron chi connectivity index (χ2n) is 6.21. The van der Waals surface area contributed by atoms with Crippen molar-refractivity contribution in [2.24, 2.45) is 0 Å². The van der Waals surface area contributed by atoms with Crippen molar-refractivity contribution in [1.29, 1.82) is 0 Å². The van der Waals surface area contributed by atoms with Crippen LogP contribution in [0.1, 0.15) is 59.7 Å². The van der Waals surface area contributed by atoms with Gasteiger partial charge in [-0.2, -0.15) is 0 Å². The third-order valence-corrected chi connectivity index (χ3v) is 4.90. The highest BCUT2D eigenvalue weighted by Gasteiger charge is 2.32. The number of rotatable bonds is 3. The number of amides is 1. The van der Waals surface area contributed by atoms with Crippen molar-refractivity contribution in [3.63, 3.8) is 0 Å². The minimum Gasteiger partial charge on any atom is -0.425 e. The van der Waals surface area contributed by atoms with E-state index in [0.29, 0.717) is 24.6 Å². The van der Waals surface area contributed by atoms with Crippen molar-refractivity contribution in [1.82, 2.24) is 20.1 Å². The molecule has 0 unspecified atom stereocenters. The van der Waals surface area contributed by atoms with Crippen LogP contribution in [-0.4, -0.2) is 39.1 Å². The number of hydrogen-bond donors (Lipinski definition) is 0. The van der Waals surface area contributed by atoms with Gasteiger partial charge < -0.3 is 9.32 Å². The Morgan fingerprint density at radius 1 is 1.09 bits per heavy atom. The van der Waals surface area contributed by atoms with E-state index in [9.17, 15) is 4.79 Å². The van der Waals surface area contributed by atoms with E-state index >= 15 is 0 Å². The van der Waals surface area contributed by atoms with Gasteiger partial charge in [0, 0.05) is 41.8 Å². The molecule has 1 saturated carbocycles. The Balaban J connectivity index is 1.39. The average Bonchev–Trinajstić information content (AvgIpc) is 3.32. The van der Waals surface area contributed by atoms with Crippen LogP contribution in [0.2, 0.25) is 0 Å². The number of piperidine rings is 1. The third-order valence-electron chi connectivity index (χ3n) is 4.47. The number of carbonyl (C=O) groups is 1. The van der Waals surface area contributed by atoms with Crippen LogP contribution in [0, 0.1) is 0 Å². The maximum absolute atomic E-state index is 12.5. The van der Waals surface area contributed by atoms with E-state index in [1.165, 1.54) is 0 Å². The summed E-state index contributed by atoms with van der Waals surface area (Å²) in [5.41, 5.74) is 0.617. The van der Waals surface area contributed by atoms with Crippen molar-refractivity contribution >= 4 is 21.8 Å². The highest BCUT2D eigenvalue weighted by atomic mass is 79.9. The molecule has 0 spiro atoms. The second-order valence-corrected chi connectivity index (χ2v) is 7.13. The molecule has 0 aromatic carbocycles. The number of aromatic nitrogens is 3. The lowest BCUT2D eigenvalue weighted by Crippen LogP contribution is -2.38. The molecule has 1 aliphatic carbocycles. The van der Waals surface area contributed by atoms with Gasteiger partial charge >= 0.3 is 0 Å². The fraction of sp³-hybridized carbons (Fsp3) is 0.500. The van der Waals surface area contributed by atoms with Crippen molar-refractivity contribution in [3.05, 3.63) is 40.3 Å². The van der Waals surface area contributed by atoms with Crippen LogP contribution in [0.3, 0.4) is 0 Å². The lowest BCUT2D eigenvalue weighted by Gasteiger charge is -2.30. The Hall–Kier alpha value is -1.76. The molecule has 2 aromatic rings. The van der Waals surface area contributed by atoms with Crippen molar-refractivity contribution in [2.75, 3.05) is 13.1 Å². The van der Waals surface area contributed by atoms with Gasteiger partial charge in [-0.25, -0.2) is 0 Å². The summed E-state index contributed by atoms with van der Waals surface area (Å²) in [5, 5.41) is 8.36. The summed E-state index contributed by atoms with van der Waals surface area (Å²) in [5.74, 6) is 2.31. The highest BCUT2D eigenvalue weighted by molar-refractivity contribution is 9.10. The van der Waals surface area contributed by atoms with Gasteiger partial charge in [0.1, 0.15) is 0 Å². The van der Waals surface area contributed by atoms with E-state index in [1.54, 1.807) is 18.5 Å². The number of halogens is 1. The molecule has 23 heavy (non-hydrogen) atoms. The fourth-order valence-corrected chi connectivity index (χ4v) is 3.31. The molecule has 0 bridgehead atoms. The summed E-state index contributed by atoms with van der Waals surface area (Å²) in [6.07, 6.45) is 7.33. The van der Waals surface area contributed by atoms with E-state index in [0.717, 1.165) is 41.9 Å². The Morgan fingerprint density at radius 3 is 2.35 bits per heavy atom. The Bertz CT molecular complexity index is 720. The first-order chi connectivity index (χ1) is 11.2. The quantitative estimate of drug-likeness (QED) is 0.822. The molecule has 1 aliphatic heterocycles. The first kappa shape index (κ1) is 14.8. The normalized spacial score (nSPS) is 19.1. The summed E-state index contributed by atoms with van der Waals surface area (Å²) in [4.78, 5) is 18.4. The zero-order valence-electron chi connectivity index (χ0n) is 12.6. The molecular formula is C16H17BrN4O2. The predicted molar refractivity (Wildman–Crippen MR) is 86.1 cm³/mol. The van der Waals surface area contributed by atoms with E-state index in [-0.39, 0.29) is 11.8 Å². The largest absolute Gasteiger partial charge is 0.425 e. The van der Waals surface area contributed by atoms with Crippen LogP contribution >= 0.6 is 15.9 Å². The zero-order chi connectivity index (χ0) is 15.8. The van der Waals surface area contributed by atoms with Crippen LogP contribution in [0.25, 0.3) is 0 Å². The highest BCUT2D eigenvalue weighted by Crippen LogP contribution is 2.40. The Labute approximate surface area is 142 Å². The van der Waals surface area contributed by atoms with Crippen molar-refractivity contribution in [2.45, 2.75) is 37.5 Å². The Kier molecular flexibility index (Phi) is 3.88. The lowest BCUT2D eigenvalue weighted by atomic mass is 9.96. The van der Waals surface area contributed by atoms with Gasteiger partial charge in [0.05, 0.1) is 5.56 Å². The number of hydrogen-bond acceptors (Lipinski definition) is 5. The number of nitrogens with zero attached hydrogens (tertiary/aromatic N) is 4. The maximum atomic E-state index is 12.5. The van der Waals surface area contributed by atoms with Gasteiger partial charge in [-0.05, 0) is 47.7 Å². The molecule has 120 valence electrons. The second kappa shape index (κ2) is 6.03. The van der Waals surface area contributed by atoms with E-state index in [2.05, 4.69) is 31.1 Å². The molecule has 2 aliphatic rings. The number of carbonyl (C=O) groups excluding carboxylic acids is 1. The van der Waals surface area contributed by atoms with Crippen LogP contribution in [0.15, 0.2) is 27.3 Å². The molecule has 2 fully saturated rings. The van der Waals surface area contributed by atoms with Gasteiger partial charge in [-0.1, -0.05) is 0 Å². The molecule has 7 heteroatoms. The topological polar surface area (TPSA) is 72.1 Å². The summed E-state index contributed by atoms with van der Waals surface area (Å²) in [7, 11) is 0. The molecule has 0 atom stereocenters. The lowest BCUT2D eigenvalue weighted by molar-refractivity contribution is 0.0705. The average molecular weight is 377 g/mol. The standard InChI is InChI=1S/C16H17BrN4O2/c17-13-7-12(8-18-9-13)16(22)21-5-3-11(4-6-21)15-20-19-14(23-15)10-1-2-10/h7-11H,1-6H2. The van der Waals surface area contributed by atoms with Gasteiger partial charge in [0.25, 0.3) is 5.91 Å². The van der Waals surface area contributed by atoms with Crippen molar-refractivity contribution < 1.29 is 9.21 Å². The minimum atomic E-state index is 0.0291. The summed E-state index contributed by atoms with van der Waals surface area (Å²) < 4.78 is 6.62. The third kappa shape index (κ3) is 3.15. The molecule has 1 amide bonds. The molecule has 6 nitrogen and oxygen atoms in total. The summed E-state index contributed by atoms with van der Waals surface area (Å²) >= 11 is 3.35. The van der Waals surface area contributed by atoms with Crippen LogP contribution in [0.5, 0.6) is 0 Å². The monoisotopic (exact) mass is 376 g/mol. The van der Waals surface area contributed by atoms with Gasteiger partial charge in [-0.3, -0.25) is 9.78 Å². The van der Waals surface area contributed by atoms with Crippen LogP contribution in [0.4, 0.5) is 0 Å². The molecule has 1 saturated heterocycles. The van der Waals surface area contributed by atoms with E-state index in [1.807, 2.05) is 4.90 Å². The SMILES string of the molecule is O=C(c1cncc(Br)c1)N1CCC(c2nnc(C3CC3)o2)CC1. The summed E-state index contributed by atoms with van der Waals surface area (Å²) in [6.45, 7) is 1.41. The van der Waals surface area contributed by atoms with E-state index in [4.69, 9.17) is 4.42 Å². The first-order valence-corrected chi connectivity index (χ1v) is 8.73. The molecule has 0 N–H and O–H groups in total. The Morgan fingerprint density at radius 2 is 1.74 bits per heavy atom. The molecule has 0 radical (unpaired) electrons. The van der Waals surface area contributed by atoms with Gasteiger partial charge in [-0.15, -0.1) is 10.2 Å². The van der Waals surface area contributed by atoms with Crippen LogP contribution < -0.4 is 0 Å². The molecule has 2 aromatic heterocycles. The number of likely N-dealkylation sites (tertiary alicyclic amines) is 1. The smallest absolute Gasteiger partial charge is 0.255 e. The summed E-state index contributed by atoms with van der Waals surface area (Å²) in [6, 6.07) is 1.81. The predicted octanol–water partition coefficient (Wildman–Crippen LogP) is 3.12. The van der Waals surface area contributed by atoms with Gasteiger partial charge in [0.2, 0.25) is 11.8 Å². The van der Waals surface area contributed by atoms with E-state index < -0.39 is 0 Å². The van der Waals surface area contributed by atoms with Gasteiger partial charge in [0.15, 0.2) is 0 Å². The zero-order valence-corrected chi connectivity index (χ0v) is 14.2. The van der Waals surface area contributed by atoms with Crippen molar-refractivity contribution in [3.8, 4) is 0 Å². The maximum Gasteiger partial charge on any atom is 0.255 e. The first-order valence-electron chi connectivity index (χ1n) is 7.94.